The number of nitrogens with zero attached hydrogens (tertiary/aromatic N) is 3. The number of halogens is 1. The van der Waals surface area contributed by atoms with Crippen molar-refractivity contribution in [3.63, 3.8) is 0 Å². The Kier molecular flexibility index (Phi) is 6.01. The zero-order valence-corrected chi connectivity index (χ0v) is 16.5. The van der Waals surface area contributed by atoms with Crippen LogP contribution in [0.15, 0.2) is 47.6 Å². The van der Waals surface area contributed by atoms with Crippen molar-refractivity contribution in [2.24, 2.45) is 0 Å². The molecule has 7 heteroatoms. The highest BCUT2D eigenvalue weighted by atomic mass is 32.2. The second kappa shape index (κ2) is 8.43. The molecule has 0 saturated heterocycles. The molecule has 5 nitrogen and oxygen atoms in total. The topological polar surface area (TPSA) is 66.0 Å². The Bertz CT molecular complexity index is 909. The van der Waals surface area contributed by atoms with E-state index in [1.807, 2.05) is 13.0 Å². The summed E-state index contributed by atoms with van der Waals surface area (Å²) < 4.78 is 20.4. The molecule has 0 aliphatic carbocycles. The van der Waals surface area contributed by atoms with E-state index >= 15 is 0 Å². The summed E-state index contributed by atoms with van der Waals surface area (Å²) in [5, 5.41) is 8.86. The molecule has 0 saturated carbocycles. The molecule has 0 amide bonds. The fourth-order valence-electron chi connectivity index (χ4n) is 2.62. The van der Waals surface area contributed by atoms with Gasteiger partial charge in [0.25, 0.3) is 0 Å². The zero-order valence-electron chi connectivity index (χ0n) is 15.6. The van der Waals surface area contributed by atoms with Crippen LogP contribution >= 0.6 is 11.8 Å². The van der Waals surface area contributed by atoms with Crippen LogP contribution in [-0.4, -0.2) is 14.9 Å². The maximum Gasteiger partial charge on any atom is 0.210 e. The van der Waals surface area contributed by atoms with Crippen LogP contribution in [0, 0.1) is 12.7 Å². The molecule has 0 spiro atoms. The molecule has 3 rings (SSSR count). The number of aromatic nitrogens is 3. The molecule has 1 heterocycles. The van der Waals surface area contributed by atoms with E-state index in [1.54, 1.807) is 12.1 Å². The second-order valence-electron chi connectivity index (χ2n) is 6.67. The molecular weight excluding hydrogens is 363 g/mol. The molecule has 0 radical (unpaired) electrons. The number of hydrogen-bond donors (Lipinski definition) is 1. The summed E-state index contributed by atoms with van der Waals surface area (Å²) in [6.45, 7) is 6.54. The Labute approximate surface area is 162 Å². The molecule has 0 unspecified atom stereocenters. The molecule has 0 bridgehead atoms. The minimum Gasteiger partial charge on any atom is -0.485 e. The van der Waals surface area contributed by atoms with Gasteiger partial charge in [-0.1, -0.05) is 49.9 Å². The Morgan fingerprint density at radius 2 is 1.89 bits per heavy atom. The van der Waals surface area contributed by atoms with Gasteiger partial charge >= 0.3 is 0 Å². The van der Waals surface area contributed by atoms with E-state index in [2.05, 4.69) is 36.2 Å². The first-order chi connectivity index (χ1) is 12.9. The minimum absolute atomic E-state index is 0.240. The molecule has 0 aliphatic rings. The van der Waals surface area contributed by atoms with Gasteiger partial charge in [-0.3, -0.25) is 0 Å². The van der Waals surface area contributed by atoms with Crippen molar-refractivity contribution < 1.29 is 9.13 Å². The SMILES string of the molecule is Cc1ccc(C(C)C)c(OCc2nnc(SCc3ccc(F)cc3)n2N)c1. The summed E-state index contributed by atoms with van der Waals surface area (Å²) in [5.41, 5.74) is 3.28. The molecule has 0 atom stereocenters. The molecule has 27 heavy (non-hydrogen) atoms. The van der Waals surface area contributed by atoms with Gasteiger partial charge < -0.3 is 10.6 Å². The van der Waals surface area contributed by atoms with Crippen molar-refractivity contribution in [1.29, 1.82) is 0 Å². The van der Waals surface area contributed by atoms with Crippen LogP contribution in [-0.2, 0) is 12.4 Å². The standard InChI is InChI=1S/C20H23FN4OS/c1-13(2)17-9-4-14(3)10-18(17)26-11-19-23-24-20(25(19)22)27-12-15-5-7-16(21)8-6-15/h4-10,13H,11-12,22H2,1-3H3. The Balaban J connectivity index is 1.65. The lowest BCUT2D eigenvalue weighted by Crippen LogP contribution is -2.16. The third-order valence-corrected chi connectivity index (χ3v) is 5.18. The maximum atomic E-state index is 13.0. The van der Waals surface area contributed by atoms with Gasteiger partial charge in [0, 0.05) is 5.75 Å². The predicted octanol–water partition coefficient (Wildman–Crippen LogP) is 4.43. The van der Waals surface area contributed by atoms with Gasteiger partial charge in [-0.2, -0.15) is 0 Å². The van der Waals surface area contributed by atoms with E-state index < -0.39 is 0 Å². The van der Waals surface area contributed by atoms with Crippen molar-refractivity contribution in [1.82, 2.24) is 14.9 Å². The smallest absolute Gasteiger partial charge is 0.210 e. The lowest BCUT2D eigenvalue weighted by atomic mass is 10.0. The number of rotatable bonds is 7. The van der Waals surface area contributed by atoms with Gasteiger partial charge in [0.2, 0.25) is 5.16 Å². The Morgan fingerprint density at radius 3 is 2.59 bits per heavy atom. The number of thioether (sulfide) groups is 1. The normalized spacial score (nSPS) is 11.1. The second-order valence-corrected chi connectivity index (χ2v) is 7.61. The van der Waals surface area contributed by atoms with Crippen LogP contribution in [0.3, 0.4) is 0 Å². The van der Waals surface area contributed by atoms with Crippen LogP contribution in [0.2, 0.25) is 0 Å². The summed E-state index contributed by atoms with van der Waals surface area (Å²) in [4.78, 5) is 0. The number of aryl methyl sites for hydroxylation is 1. The lowest BCUT2D eigenvalue weighted by molar-refractivity contribution is 0.287. The van der Waals surface area contributed by atoms with Gasteiger partial charge in [0.15, 0.2) is 5.82 Å². The fourth-order valence-corrected chi connectivity index (χ4v) is 3.45. The average Bonchev–Trinajstić information content (AvgIpc) is 2.99. The molecule has 3 aromatic rings. The lowest BCUT2D eigenvalue weighted by Gasteiger charge is -2.14. The van der Waals surface area contributed by atoms with Crippen LogP contribution in [0.4, 0.5) is 4.39 Å². The largest absolute Gasteiger partial charge is 0.485 e. The van der Waals surface area contributed by atoms with E-state index in [0.717, 1.165) is 22.4 Å². The molecule has 2 N–H and O–H groups in total. The van der Waals surface area contributed by atoms with Crippen LogP contribution in [0.5, 0.6) is 5.75 Å². The molecule has 2 aromatic carbocycles. The Hall–Kier alpha value is -2.54. The summed E-state index contributed by atoms with van der Waals surface area (Å²) in [6, 6.07) is 12.6. The van der Waals surface area contributed by atoms with Crippen molar-refractivity contribution in [3.05, 3.63) is 70.8 Å². The quantitative estimate of drug-likeness (QED) is 0.480. The minimum atomic E-state index is -0.248. The van der Waals surface area contributed by atoms with E-state index in [0.29, 0.717) is 22.7 Å². The van der Waals surface area contributed by atoms with E-state index in [9.17, 15) is 4.39 Å². The number of nitrogens with two attached hydrogens (primary N) is 1. The van der Waals surface area contributed by atoms with Crippen molar-refractivity contribution >= 4 is 11.8 Å². The van der Waals surface area contributed by atoms with Crippen molar-refractivity contribution in [2.75, 3.05) is 5.84 Å². The number of hydrogen-bond acceptors (Lipinski definition) is 5. The van der Waals surface area contributed by atoms with Crippen LogP contribution in [0.1, 0.15) is 42.3 Å². The first kappa shape index (κ1) is 19.2. The third kappa shape index (κ3) is 4.80. The monoisotopic (exact) mass is 386 g/mol. The average molecular weight is 386 g/mol. The predicted molar refractivity (Wildman–Crippen MR) is 106 cm³/mol. The molecule has 0 aliphatic heterocycles. The molecule has 142 valence electrons. The summed E-state index contributed by atoms with van der Waals surface area (Å²) in [6.07, 6.45) is 0. The van der Waals surface area contributed by atoms with Crippen LogP contribution in [0.25, 0.3) is 0 Å². The summed E-state index contributed by atoms with van der Waals surface area (Å²) in [5.74, 6) is 8.25. The fraction of sp³-hybridized carbons (Fsp3) is 0.300. The Morgan fingerprint density at radius 1 is 1.15 bits per heavy atom. The number of nitrogen functional groups attached to an aromatic ring is 1. The van der Waals surface area contributed by atoms with Crippen molar-refractivity contribution in [2.45, 2.75) is 44.2 Å². The first-order valence-corrected chi connectivity index (χ1v) is 9.72. The van der Waals surface area contributed by atoms with E-state index in [-0.39, 0.29) is 12.4 Å². The summed E-state index contributed by atoms with van der Waals surface area (Å²) >= 11 is 1.45. The van der Waals surface area contributed by atoms with Gasteiger partial charge in [-0.15, -0.1) is 10.2 Å². The van der Waals surface area contributed by atoms with Gasteiger partial charge in [-0.05, 0) is 47.7 Å². The third-order valence-electron chi connectivity index (χ3n) is 4.16. The number of benzene rings is 2. The molecular formula is C20H23FN4OS. The highest BCUT2D eigenvalue weighted by molar-refractivity contribution is 7.98. The first-order valence-electron chi connectivity index (χ1n) is 8.74. The van der Waals surface area contributed by atoms with Gasteiger partial charge in [0.05, 0.1) is 0 Å². The number of ether oxygens (including phenoxy) is 1. The van der Waals surface area contributed by atoms with Crippen LogP contribution < -0.4 is 10.6 Å². The highest BCUT2D eigenvalue weighted by Crippen LogP contribution is 2.28. The maximum absolute atomic E-state index is 13.0. The summed E-state index contributed by atoms with van der Waals surface area (Å²) in [7, 11) is 0. The molecule has 1 aromatic heterocycles. The molecule has 0 fully saturated rings. The van der Waals surface area contributed by atoms with E-state index in [1.165, 1.54) is 28.6 Å². The van der Waals surface area contributed by atoms with Crippen molar-refractivity contribution in [3.8, 4) is 5.75 Å². The van der Waals surface area contributed by atoms with Gasteiger partial charge in [0.1, 0.15) is 18.2 Å². The zero-order chi connectivity index (χ0) is 19.4. The van der Waals surface area contributed by atoms with Gasteiger partial charge in [-0.25, -0.2) is 9.07 Å². The highest BCUT2D eigenvalue weighted by Gasteiger charge is 2.13. The van der Waals surface area contributed by atoms with E-state index in [4.69, 9.17) is 10.6 Å².